The molecule has 8 heteroatoms. The van der Waals surface area contributed by atoms with Gasteiger partial charge in [0.2, 0.25) is 5.95 Å². The van der Waals surface area contributed by atoms with Gasteiger partial charge < -0.3 is 10.0 Å². The summed E-state index contributed by atoms with van der Waals surface area (Å²) in [5.74, 6) is 0.222. The van der Waals surface area contributed by atoms with E-state index >= 15 is 0 Å². The number of tetrazole rings is 1. The highest BCUT2D eigenvalue weighted by molar-refractivity contribution is 5.27. The molecule has 0 saturated carbocycles. The van der Waals surface area contributed by atoms with E-state index < -0.39 is 13.0 Å². The Balaban J connectivity index is 2.72. The number of alkyl halides is 2. The van der Waals surface area contributed by atoms with Crippen LogP contribution >= 0.6 is 0 Å². The van der Waals surface area contributed by atoms with Crippen LogP contribution in [0.1, 0.15) is 0 Å². The molecule has 0 fully saturated rings. The fraction of sp³-hybridized carbons (Fsp3) is 0.833. The Morgan fingerprint density at radius 3 is 2.71 bits per heavy atom. The number of aliphatic hydroxyl groups excluding tert-OH is 1. The third-order valence-corrected chi connectivity index (χ3v) is 1.61. The first-order valence-corrected chi connectivity index (χ1v) is 4.01. The smallest absolute Gasteiger partial charge is 0.255 e. The van der Waals surface area contributed by atoms with Crippen molar-refractivity contribution in [2.24, 2.45) is 7.05 Å². The summed E-state index contributed by atoms with van der Waals surface area (Å²) in [6.07, 6.45) is -2.49. The van der Waals surface area contributed by atoms with Crippen molar-refractivity contribution in [1.82, 2.24) is 20.2 Å². The van der Waals surface area contributed by atoms with Crippen molar-refractivity contribution in [2.75, 3.05) is 24.6 Å². The quantitative estimate of drug-likeness (QED) is 0.689. The van der Waals surface area contributed by atoms with Gasteiger partial charge in [-0.15, -0.1) is 0 Å². The number of rotatable bonds is 5. The van der Waals surface area contributed by atoms with Gasteiger partial charge in [0.05, 0.1) is 13.2 Å². The number of aryl methyl sites for hydroxylation is 1. The zero-order chi connectivity index (χ0) is 10.6. The van der Waals surface area contributed by atoms with Gasteiger partial charge in [-0.25, -0.2) is 13.5 Å². The van der Waals surface area contributed by atoms with Crippen LogP contribution in [-0.2, 0) is 7.05 Å². The number of hydrogen-bond donors (Lipinski definition) is 1. The molecule has 0 bridgehead atoms. The Morgan fingerprint density at radius 2 is 2.29 bits per heavy atom. The summed E-state index contributed by atoms with van der Waals surface area (Å²) in [4.78, 5) is 1.23. The minimum absolute atomic E-state index is 0.0819. The summed E-state index contributed by atoms with van der Waals surface area (Å²) < 4.78 is 25.5. The second-order valence-electron chi connectivity index (χ2n) is 2.66. The lowest BCUT2D eigenvalue weighted by atomic mass is 10.5. The fourth-order valence-corrected chi connectivity index (χ4v) is 1.05. The van der Waals surface area contributed by atoms with E-state index in [4.69, 9.17) is 5.11 Å². The lowest BCUT2D eigenvalue weighted by molar-refractivity contribution is 0.152. The molecule has 0 amide bonds. The highest BCUT2D eigenvalue weighted by Gasteiger charge is 2.16. The molecule has 1 aromatic rings. The predicted molar refractivity (Wildman–Crippen MR) is 44.1 cm³/mol. The lowest BCUT2D eigenvalue weighted by Crippen LogP contribution is -2.33. The second-order valence-corrected chi connectivity index (χ2v) is 2.66. The molecule has 0 saturated heterocycles. The van der Waals surface area contributed by atoms with E-state index in [0.717, 1.165) is 0 Å². The maximum absolute atomic E-state index is 12.1. The molecule has 1 N–H and O–H groups in total. The van der Waals surface area contributed by atoms with Crippen molar-refractivity contribution in [2.45, 2.75) is 6.43 Å². The van der Waals surface area contributed by atoms with E-state index in [1.807, 2.05) is 0 Å². The van der Waals surface area contributed by atoms with Crippen molar-refractivity contribution in [3.8, 4) is 0 Å². The summed E-state index contributed by atoms with van der Waals surface area (Å²) >= 11 is 0. The Labute approximate surface area is 79.1 Å². The molecule has 80 valence electrons. The highest BCUT2D eigenvalue weighted by atomic mass is 19.3. The van der Waals surface area contributed by atoms with Crippen molar-refractivity contribution in [3.05, 3.63) is 0 Å². The van der Waals surface area contributed by atoms with Crippen molar-refractivity contribution in [1.29, 1.82) is 0 Å². The van der Waals surface area contributed by atoms with Crippen LogP contribution in [0.15, 0.2) is 0 Å². The van der Waals surface area contributed by atoms with Crippen LogP contribution in [0, 0.1) is 0 Å². The van der Waals surface area contributed by atoms with Gasteiger partial charge in [0.25, 0.3) is 6.43 Å². The van der Waals surface area contributed by atoms with Gasteiger partial charge in [-0.3, -0.25) is 0 Å². The predicted octanol–water partition coefficient (Wildman–Crippen LogP) is -0.726. The minimum atomic E-state index is -2.49. The number of halogens is 2. The molecule has 1 rings (SSSR count). The molecule has 0 radical (unpaired) electrons. The molecule has 0 aliphatic heterocycles. The lowest BCUT2D eigenvalue weighted by Gasteiger charge is -2.20. The standard InChI is InChI=1S/C6H11F2N5O/c1-12-6(9-10-11-12)13(2-3-14)4-5(7)8/h5,14H,2-4H2,1H3. The number of aliphatic hydroxyl groups is 1. The van der Waals surface area contributed by atoms with Crippen LogP contribution in [0.2, 0.25) is 0 Å². The number of nitrogens with zero attached hydrogens (tertiary/aromatic N) is 5. The number of anilines is 1. The largest absolute Gasteiger partial charge is 0.395 e. The SMILES string of the molecule is Cn1nnnc1N(CCO)CC(F)F. The zero-order valence-electron chi connectivity index (χ0n) is 7.64. The molecule has 1 aromatic heterocycles. The summed E-state index contributed by atoms with van der Waals surface area (Å²) in [6.45, 7) is -0.632. The first-order valence-electron chi connectivity index (χ1n) is 4.01. The molecule has 0 aliphatic carbocycles. The van der Waals surface area contributed by atoms with Gasteiger partial charge in [-0.05, 0) is 10.4 Å². The van der Waals surface area contributed by atoms with Gasteiger partial charge >= 0.3 is 0 Å². The van der Waals surface area contributed by atoms with E-state index in [1.54, 1.807) is 7.05 Å². The Hall–Kier alpha value is -1.31. The molecule has 14 heavy (non-hydrogen) atoms. The van der Waals surface area contributed by atoms with Crippen molar-refractivity contribution >= 4 is 5.95 Å². The van der Waals surface area contributed by atoms with Crippen LogP contribution in [-0.4, -0.2) is 51.4 Å². The van der Waals surface area contributed by atoms with Gasteiger partial charge in [0, 0.05) is 13.6 Å². The van der Waals surface area contributed by atoms with Gasteiger partial charge in [-0.2, -0.15) is 0 Å². The maximum Gasteiger partial charge on any atom is 0.255 e. The average Bonchev–Trinajstić information content (AvgIpc) is 2.50. The molecule has 0 atom stereocenters. The van der Waals surface area contributed by atoms with E-state index in [0.29, 0.717) is 0 Å². The monoisotopic (exact) mass is 207 g/mol. The summed E-state index contributed by atoms with van der Waals surface area (Å²) in [6, 6.07) is 0. The average molecular weight is 207 g/mol. The third kappa shape index (κ3) is 2.59. The molecule has 0 unspecified atom stereocenters. The Morgan fingerprint density at radius 1 is 1.57 bits per heavy atom. The summed E-state index contributed by atoms with van der Waals surface area (Å²) in [7, 11) is 1.55. The molecular weight excluding hydrogens is 196 g/mol. The summed E-state index contributed by atoms with van der Waals surface area (Å²) in [5.41, 5.74) is 0. The molecule has 1 heterocycles. The normalized spacial score (nSPS) is 10.9. The number of aromatic nitrogens is 4. The molecular formula is C6H11F2N5O. The van der Waals surface area contributed by atoms with Gasteiger partial charge in [0.1, 0.15) is 0 Å². The van der Waals surface area contributed by atoms with Crippen LogP contribution in [0.3, 0.4) is 0 Å². The second kappa shape index (κ2) is 4.80. The fourth-order valence-electron chi connectivity index (χ4n) is 1.05. The first kappa shape index (κ1) is 10.8. The van der Waals surface area contributed by atoms with Crippen molar-refractivity contribution < 1.29 is 13.9 Å². The van der Waals surface area contributed by atoms with Crippen LogP contribution in [0.25, 0.3) is 0 Å². The van der Waals surface area contributed by atoms with Crippen LogP contribution < -0.4 is 4.90 Å². The van der Waals surface area contributed by atoms with Crippen molar-refractivity contribution in [3.63, 3.8) is 0 Å². The molecule has 6 nitrogen and oxygen atoms in total. The minimum Gasteiger partial charge on any atom is -0.395 e. The van der Waals surface area contributed by atoms with E-state index in [1.165, 1.54) is 9.58 Å². The zero-order valence-corrected chi connectivity index (χ0v) is 7.64. The van der Waals surface area contributed by atoms with Gasteiger partial charge in [-0.1, -0.05) is 5.10 Å². The molecule has 0 spiro atoms. The van der Waals surface area contributed by atoms with E-state index in [9.17, 15) is 8.78 Å². The Bertz CT molecular complexity index is 279. The molecule has 0 aromatic carbocycles. The topological polar surface area (TPSA) is 67.1 Å². The first-order chi connectivity index (χ1) is 6.65. The highest BCUT2D eigenvalue weighted by Crippen LogP contribution is 2.08. The maximum atomic E-state index is 12.1. The van der Waals surface area contributed by atoms with E-state index in [2.05, 4.69) is 15.5 Å². The van der Waals surface area contributed by atoms with Crippen LogP contribution in [0.5, 0.6) is 0 Å². The van der Waals surface area contributed by atoms with E-state index in [-0.39, 0.29) is 19.1 Å². The van der Waals surface area contributed by atoms with Crippen LogP contribution in [0.4, 0.5) is 14.7 Å². The molecule has 0 aliphatic rings. The third-order valence-electron chi connectivity index (χ3n) is 1.61. The van der Waals surface area contributed by atoms with Gasteiger partial charge in [0.15, 0.2) is 0 Å². The number of hydrogen-bond acceptors (Lipinski definition) is 5. The Kier molecular flexibility index (Phi) is 3.69. The summed E-state index contributed by atoms with van der Waals surface area (Å²) in [5, 5.41) is 19.1.